The Morgan fingerprint density at radius 1 is 0.885 bits per heavy atom. The van der Waals surface area contributed by atoms with E-state index in [9.17, 15) is 0 Å². The van der Waals surface area contributed by atoms with Crippen molar-refractivity contribution in [2.75, 3.05) is 67.2 Å². The van der Waals surface area contributed by atoms with Gasteiger partial charge in [-0.15, -0.1) is 0 Å². The summed E-state index contributed by atoms with van der Waals surface area (Å²) >= 11 is 6.13. The second-order valence-electron chi connectivity index (χ2n) is 6.72. The highest BCUT2D eigenvalue weighted by Crippen LogP contribution is 2.24. The molecule has 6 nitrogen and oxygen atoms in total. The summed E-state index contributed by atoms with van der Waals surface area (Å²) in [6, 6.07) is 10.2. The molecule has 3 heterocycles. The Bertz CT molecular complexity index is 757. The van der Waals surface area contributed by atoms with Gasteiger partial charge in [0.05, 0.1) is 13.2 Å². The molecule has 0 aliphatic carbocycles. The molecule has 1 aromatic heterocycles. The average Bonchev–Trinajstić information content (AvgIpc) is 2.68. The molecular formula is C19H24ClN5O. The molecule has 138 valence electrons. The molecule has 1 aromatic carbocycles. The maximum atomic E-state index is 6.13. The van der Waals surface area contributed by atoms with Crippen LogP contribution < -0.4 is 14.7 Å². The third-order valence-electron chi connectivity index (χ3n) is 4.90. The number of benzene rings is 1. The van der Waals surface area contributed by atoms with Gasteiger partial charge in [0.1, 0.15) is 5.82 Å². The Kier molecular flexibility index (Phi) is 5.13. The first-order chi connectivity index (χ1) is 12.7. The zero-order chi connectivity index (χ0) is 17.9. The molecule has 0 bridgehead atoms. The summed E-state index contributed by atoms with van der Waals surface area (Å²) in [6.07, 6.45) is 0. The first kappa shape index (κ1) is 17.4. The van der Waals surface area contributed by atoms with Crippen molar-refractivity contribution in [3.8, 4) is 0 Å². The van der Waals surface area contributed by atoms with Gasteiger partial charge in [0.2, 0.25) is 5.95 Å². The number of halogens is 1. The van der Waals surface area contributed by atoms with Crippen LogP contribution in [0.1, 0.15) is 5.69 Å². The summed E-state index contributed by atoms with van der Waals surface area (Å²) in [5.74, 6) is 1.84. The van der Waals surface area contributed by atoms with Crippen molar-refractivity contribution in [3.05, 3.63) is 41.0 Å². The SMILES string of the molecule is Cc1cc(N2CCN(c3cccc(Cl)c3)CC2)nc(N2CCOCC2)n1. The van der Waals surface area contributed by atoms with E-state index in [1.807, 2.05) is 25.1 Å². The molecule has 0 atom stereocenters. The molecule has 7 heteroatoms. The highest BCUT2D eigenvalue weighted by atomic mass is 35.5. The van der Waals surface area contributed by atoms with Crippen LogP contribution in [0.4, 0.5) is 17.5 Å². The van der Waals surface area contributed by atoms with E-state index in [1.165, 1.54) is 5.69 Å². The number of aromatic nitrogens is 2. The van der Waals surface area contributed by atoms with Crippen LogP contribution in [0.25, 0.3) is 0 Å². The predicted octanol–water partition coefficient (Wildman–Crippen LogP) is 2.60. The van der Waals surface area contributed by atoms with Gasteiger partial charge in [-0.2, -0.15) is 4.98 Å². The lowest BCUT2D eigenvalue weighted by molar-refractivity contribution is 0.122. The Balaban J connectivity index is 1.46. The van der Waals surface area contributed by atoms with Crippen LogP contribution in [-0.4, -0.2) is 62.5 Å². The third kappa shape index (κ3) is 3.86. The van der Waals surface area contributed by atoms with E-state index in [1.54, 1.807) is 0 Å². The Morgan fingerprint density at radius 2 is 1.62 bits per heavy atom. The topological polar surface area (TPSA) is 44.7 Å². The number of hydrogen-bond acceptors (Lipinski definition) is 6. The maximum absolute atomic E-state index is 6.13. The molecule has 0 N–H and O–H groups in total. The van der Waals surface area contributed by atoms with Crippen LogP contribution in [-0.2, 0) is 4.74 Å². The Hall–Kier alpha value is -2.05. The quantitative estimate of drug-likeness (QED) is 0.824. The van der Waals surface area contributed by atoms with Gasteiger partial charge in [-0.1, -0.05) is 17.7 Å². The van der Waals surface area contributed by atoms with Crippen molar-refractivity contribution in [1.82, 2.24) is 9.97 Å². The number of hydrogen-bond donors (Lipinski definition) is 0. The smallest absolute Gasteiger partial charge is 0.227 e. The highest BCUT2D eigenvalue weighted by Gasteiger charge is 2.21. The monoisotopic (exact) mass is 373 g/mol. The van der Waals surface area contributed by atoms with Gasteiger partial charge < -0.3 is 19.4 Å². The molecule has 26 heavy (non-hydrogen) atoms. The van der Waals surface area contributed by atoms with E-state index in [-0.39, 0.29) is 0 Å². The summed E-state index contributed by atoms with van der Waals surface area (Å²) in [4.78, 5) is 16.4. The van der Waals surface area contributed by atoms with Crippen molar-refractivity contribution >= 4 is 29.1 Å². The zero-order valence-electron chi connectivity index (χ0n) is 15.1. The van der Waals surface area contributed by atoms with E-state index in [0.717, 1.165) is 75.0 Å². The maximum Gasteiger partial charge on any atom is 0.227 e. The molecule has 0 radical (unpaired) electrons. The Labute approximate surface area is 159 Å². The molecule has 0 saturated carbocycles. The van der Waals surface area contributed by atoms with E-state index in [4.69, 9.17) is 21.3 Å². The fourth-order valence-electron chi connectivity index (χ4n) is 3.47. The van der Waals surface area contributed by atoms with Gasteiger partial charge in [0, 0.05) is 61.7 Å². The second kappa shape index (κ2) is 7.68. The molecule has 2 aromatic rings. The largest absolute Gasteiger partial charge is 0.378 e. The second-order valence-corrected chi connectivity index (χ2v) is 7.16. The molecule has 0 unspecified atom stereocenters. The van der Waals surface area contributed by atoms with Gasteiger partial charge in [-0.05, 0) is 25.1 Å². The molecule has 2 aliphatic rings. The van der Waals surface area contributed by atoms with Crippen molar-refractivity contribution in [3.63, 3.8) is 0 Å². The van der Waals surface area contributed by atoms with Crippen molar-refractivity contribution in [1.29, 1.82) is 0 Å². The lowest BCUT2D eigenvalue weighted by Crippen LogP contribution is -2.47. The van der Waals surface area contributed by atoms with Gasteiger partial charge in [-0.25, -0.2) is 4.98 Å². The molecule has 4 rings (SSSR count). The first-order valence-electron chi connectivity index (χ1n) is 9.13. The van der Waals surface area contributed by atoms with Crippen LogP contribution in [0.2, 0.25) is 5.02 Å². The minimum absolute atomic E-state index is 0.741. The lowest BCUT2D eigenvalue weighted by Gasteiger charge is -2.37. The van der Waals surface area contributed by atoms with E-state index >= 15 is 0 Å². The lowest BCUT2D eigenvalue weighted by atomic mass is 10.2. The summed E-state index contributed by atoms with van der Waals surface area (Å²) in [7, 11) is 0. The number of piperazine rings is 1. The zero-order valence-corrected chi connectivity index (χ0v) is 15.8. The molecule has 2 saturated heterocycles. The number of rotatable bonds is 3. The molecule has 2 aliphatic heterocycles. The van der Waals surface area contributed by atoms with Crippen molar-refractivity contribution in [2.24, 2.45) is 0 Å². The van der Waals surface area contributed by atoms with E-state index < -0.39 is 0 Å². The normalized spacial score (nSPS) is 18.3. The third-order valence-corrected chi connectivity index (χ3v) is 5.13. The van der Waals surface area contributed by atoms with Gasteiger partial charge in [0.25, 0.3) is 0 Å². The van der Waals surface area contributed by atoms with Crippen molar-refractivity contribution in [2.45, 2.75) is 6.92 Å². The highest BCUT2D eigenvalue weighted by molar-refractivity contribution is 6.30. The first-order valence-corrected chi connectivity index (χ1v) is 9.51. The fourth-order valence-corrected chi connectivity index (χ4v) is 3.65. The minimum atomic E-state index is 0.741. The van der Waals surface area contributed by atoms with Gasteiger partial charge in [-0.3, -0.25) is 0 Å². The van der Waals surface area contributed by atoms with Gasteiger partial charge in [0.15, 0.2) is 0 Å². The molecule has 2 fully saturated rings. The molecule has 0 spiro atoms. The Morgan fingerprint density at radius 3 is 2.35 bits per heavy atom. The van der Waals surface area contributed by atoms with Crippen molar-refractivity contribution < 1.29 is 4.74 Å². The summed E-state index contributed by atoms with van der Waals surface area (Å²) in [5.41, 5.74) is 2.19. The predicted molar refractivity (Wildman–Crippen MR) is 106 cm³/mol. The fraction of sp³-hybridized carbons (Fsp3) is 0.474. The van der Waals surface area contributed by atoms with Crippen LogP contribution in [0.15, 0.2) is 30.3 Å². The van der Waals surface area contributed by atoms with E-state index in [0.29, 0.717) is 0 Å². The van der Waals surface area contributed by atoms with Crippen LogP contribution in [0.3, 0.4) is 0 Å². The summed E-state index contributed by atoms with van der Waals surface area (Å²) in [5, 5.41) is 0.784. The molecule has 0 amide bonds. The molecular weight excluding hydrogens is 350 g/mol. The minimum Gasteiger partial charge on any atom is -0.378 e. The number of aryl methyl sites for hydroxylation is 1. The number of anilines is 3. The summed E-state index contributed by atoms with van der Waals surface area (Å²) in [6.45, 7) is 9.01. The number of ether oxygens (including phenoxy) is 1. The average molecular weight is 374 g/mol. The summed E-state index contributed by atoms with van der Waals surface area (Å²) < 4.78 is 5.44. The number of nitrogens with zero attached hydrogens (tertiary/aromatic N) is 5. The number of morpholine rings is 1. The standard InChI is InChI=1S/C19H24ClN5O/c1-15-13-18(22-19(21-15)25-9-11-26-12-10-25)24-7-5-23(6-8-24)17-4-2-3-16(20)14-17/h2-4,13-14H,5-12H2,1H3. The van der Waals surface area contributed by atoms with Gasteiger partial charge >= 0.3 is 0 Å². The van der Waals surface area contributed by atoms with Crippen LogP contribution in [0.5, 0.6) is 0 Å². The van der Waals surface area contributed by atoms with Crippen LogP contribution in [0, 0.1) is 6.92 Å². The van der Waals surface area contributed by atoms with Crippen LogP contribution >= 0.6 is 11.6 Å². The van der Waals surface area contributed by atoms with E-state index in [2.05, 4.69) is 31.8 Å².